The molecule has 0 aliphatic heterocycles. The second-order valence-corrected chi connectivity index (χ2v) is 2.11. The maximum atomic E-state index is 10.1. The van der Waals surface area contributed by atoms with E-state index in [4.69, 9.17) is 0 Å². The second-order valence-electron chi connectivity index (χ2n) is 2.11. The first kappa shape index (κ1) is 17.1. The van der Waals surface area contributed by atoms with Gasteiger partial charge in [0.05, 0.1) is 7.11 Å². The number of rotatable bonds is 0. The van der Waals surface area contributed by atoms with Crippen LogP contribution in [0.25, 0.3) is 0 Å². The SMILES string of the molecule is C.CC(=O)N(C)C.COC(C)=O. The first-order valence-corrected chi connectivity index (χ1v) is 3.14. The summed E-state index contributed by atoms with van der Waals surface area (Å²) in [6.45, 7) is 2.89. The summed E-state index contributed by atoms with van der Waals surface area (Å²) in [5, 5.41) is 0. The van der Waals surface area contributed by atoms with Crippen LogP contribution < -0.4 is 0 Å². The summed E-state index contributed by atoms with van der Waals surface area (Å²) in [5.74, 6) is -0.153. The standard InChI is InChI=1S/C4H9NO.C3H6O2.CH4/c1-4(6)5(2)3;1-3(4)5-2;/h1-3H3;1-2H3;1H4. The van der Waals surface area contributed by atoms with Crippen LogP contribution >= 0.6 is 0 Å². The fourth-order valence-corrected chi connectivity index (χ4v) is 0. The first-order chi connectivity index (χ1) is 4.91. The Morgan fingerprint density at radius 2 is 1.33 bits per heavy atom. The summed E-state index contributed by atoms with van der Waals surface area (Å²) in [6, 6.07) is 0. The smallest absolute Gasteiger partial charge is 0.302 e. The van der Waals surface area contributed by atoms with Gasteiger partial charge in [-0.2, -0.15) is 0 Å². The van der Waals surface area contributed by atoms with Crippen molar-refractivity contribution in [2.45, 2.75) is 21.3 Å². The number of esters is 1. The zero-order valence-corrected chi connectivity index (χ0v) is 7.67. The first-order valence-electron chi connectivity index (χ1n) is 3.14. The molecule has 0 N–H and O–H groups in total. The van der Waals surface area contributed by atoms with E-state index in [2.05, 4.69) is 4.74 Å². The molecule has 0 aliphatic rings. The number of amides is 1. The highest BCUT2D eigenvalue weighted by Crippen LogP contribution is 1.69. The fraction of sp³-hybridized carbons (Fsp3) is 0.750. The molecule has 0 aromatic carbocycles. The molecular weight excluding hydrogens is 158 g/mol. The Labute approximate surface area is 74.5 Å². The van der Waals surface area contributed by atoms with E-state index in [1.165, 1.54) is 25.9 Å². The van der Waals surface area contributed by atoms with Crippen LogP contribution in [-0.4, -0.2) is 38.0 Å². The Kier molecular flexibility index (Phi) is 14.2. The Bertz CT molecular complexity index is 132. The van der Waals surface area contributed by atoms with Gasteiger partial charge in [0.2, 0.25) is 5.91 Å². The zero-order valence-electron chi connectivity index (χ0n) is 7.67. The van der Waals surface area contributed by atoms with Crippen molar-refractivity contribution < 1.29 is 14.3 Å². The van der Waals surface area contributed by atoms with E-state index < -0.39 is 0 Å². The Morgan fingerprint density at radius 3 is 1.33 bits per heavy atom. The van der Waals surface area contributed by atoms with Crippen LogP contribution in [0, 0.1) is 0 Å². The molecule has 4 nitrogen and oxygen atoms in total. The van der Waals surface area contributed by atoms with E-state index >= 15 is 0 Å². The van der Waals surface area contributed by atoms with Crippen LogP contribution in [0.3, 0.4) is 0 Å². The summed E-state index contributed by atoms with van der Waals surface area (Å²) >= 11 is 0. The van der Waals surface area contributed by atoms with Gasteiger partial charge in [-0.3, -0.25) is 9.59 Å². The molecule has 12 heavy (non-hydrogen) atoms. The second kappa shape index (κ2) is 9.94. The molecule has 0 fully saturated rings. The minimum absolute atomic E-state index is 0. The van der Waals surface area contributed by atoms with Gasteiger partial charge in [-0.15, -0.1) is 0 Å². The molecule has 0 spiro atoms. The van der Waals surface area contributed by atoms with Crippen molar-refractivity contribution in [3.05, 3.63) is 0 Å². The van der Waals surface area contributed by atoms with Crippen LogP contribution in [0.5, 0.6) is 0 Å². The van der Waals surface area contributed by atoms with Gasteiger partial charge in [-0.1, -0.05) is 7.43 Å². The Hall–Kier alpha value is -1.06. The Morgan fingerprint density at radius 1 is 1.17 bits per heavy atom. The largest absolute Gasteiger partial charge is 0.469 e. The lowest BCUT2D eigenvalue weighted by atomic mass is 10.7. The average molecular weight is 177 g/mol. The molecular formula is C8H19NO3. The number of ether oxygens (including phenoxy) is 1. The lowest BCUT2D eigenvalue weighted by Gasteiger charge is -2.02. The van der Waals surface area contributed by atoms with E-state index in [9.17, 15) is 9.59 Å². The van der Waals surface area contributed by atoms with Gasteiger partial charge in [-0.25, -0.2) is 0 Å². The minimum Gasteiger partial charge on any atom is -0.469 e. The summed E-state index contributed by atoms with van der Waals surface area (Å²) in [5.41, 5.74) is 0. The van der Waals surface area contributed by atoms with Crippen molar-refractivity contribution in [3.63, 3.8) is 0 Å². The van der Waals surface area contributed by atoms with Gasteiger partial charge in [0.15, 0.2) is 0 Å². The molecule has 0 atom stereocenters. The van der Waals surface area contributed by atoms with Gasteiger partial charge >= 0.3 is 5.97 Å². The van der Waals surface area contributed by atoms with Crippen molar-refractivity contribution in [3.8, 4) is 0 Å². The molecule has 0 saturated carbocycles. The summed E-state index contributed by atoms with van der Waals surface area (Å²) in [7, 11) is 4.80. The highest BCUT2D eigenvalue weighted by atomic mass is 16.5. The highest BCUT2D eigenvalue weighted by Gasteiger charge is 1.87. The van der Waals surface area contributed by atoms with Gasteiger partial charge < -0.3 is 9.64 Å². The molecule has 0 aliphatic carbocycles. The fourth-order valence-electron chi connectivity index (χ4n) is 0. The number of hydrogen-bond donors (Lipinski definition) is 0. The van der Waals surface area contributed by atoms with Gasteiger partial charge in [0.25, 0.3) is 0 Å². The van der Waals surface area contributed by atoms with Gasteiger partial charge in [0, 0.05) is 27.9 Å². The Balaban J connectivity index is -0.000000126. The molecule has 0 unspecified atom stereocenters. The topological polar surface area (TPSA) is 46.6 Å². The van der Waals surface area contributed by atoms with Crippen LogP contribution in [0.15, 0.2) is 0 Å². The number of hydrogen-bond acceptors (Lipinski definition) is 3. The molecule has 0 heterocycles. The van der Waals surface area contributed by atoms with Gasteiger partial charge in [-0.05, 0) is 0 Å². The zero-order chi connectivity index (χ0) is 9.44. The molecule has 0 saturated heterocycles. The molecule has 0 radical (unpaired) electrons. The number of methoxy groups -OCH3 is 1. The van der Waals surface area contributed by atoms with Crippen LogP contribution in [0.1, 0.15) is 21.3 Å². The molecule has 0 aromatic heterocycles. The van der Waals surface area contributed by atoms with E-state index in [1.54, 1.807) is 14.1 Å². The summed E-state index contributed by atoms with van der Waals surface area (Å²) in [4.78, 5) is 21.2. The summed E-state index contributed by atoms with van der Waals surface area (Å²) in [6.07, 6.45) is 0. The van der Waals surface area contributed by atoms with Crippen molar-refractivity contribution in [2.24, 2.45) is 0 Å². The average Bonchev–Trinajstić information content (AvgIpc) is 1.89. The quantitative estimate of drug-likeness (QED) is 0.517. The van der Waals surface area contributed by atoms with E-state index in [1.807, 2.05) is 0 Å². The normalized spacial score (nSPS) is 6.75. The van der Waals surface area contributed by atoms with Crippen LogP contribution in [-0.2, 0) is 14.3 Å². The minimum atomic E-state index is -0.245. The lowest BCUT2D eigenvalue weighted by Crippen LogP contribution is -2.17. The molecule has 0 rings (SSSR count). The van der Waals surface area contributed by atoms with E-state index in [0.29, 0.717) is 0 Å². The molecule has 0 aromatic rings. The number of carbonyl (C=O) groups excluding carboxylic acids is 2. The van der Waals surface area contributed by atoms with Crippen molar-refractivity contribution in [2.75, 3.05) is 21.2 Å². The molecule has 0 bridgehead atoms. The third-order valence-electron chi connectivity index (χ3n) is 0.917. The van der Waals surface area contributed by atoms with Crippen molar-refractivity contribution >= 4 is 11.9 Å². The third-order valence-corrected chi connectivity index (χ3v) is 0.917. The molecule has 4 heteroatoms. The predicted molar refractivity (Wildman–Crippen MR) is 48.8 cm³/mol. The third kappa shape index (κ3) is 23.1. The lowest BCUT2D eigenvalue weighted by molar-refractivity contribution is -0.138. The van der Waals surface area contributed by atoms with Gasteiger partial charge in [0.1, 0.15) is 0 Å². The van der Waals surface area contributed by atoms with Crippen molar-refractivity contribution in [1.29, 1.82) is 0 Å². The molecule has 74 valence electrons. The number of carbonyl (C=O) groups is 2. The van der Waals surface area contributed by atoms with Crippen LogP contribution in [0.2, 0.25) is 0 Å². The maximum absolute atomic E-state index is 10.1. The van der Waals surface area contributed by atoms with Crippen molar-refractivity contribution in [1.82, 2.24) is 4.90 Å². The number of nitrogens with zero attached hydrogens (tertiary/aromatic N) is 1. The van der Waals surface area contributed by atoms with E-state index in [-0.39, 0.29) is 19.3 Å². The van der Waals surface area contributed by atoms with E-state index in [0.717, 1.165) is 0 Å². The molecule has 1 amide bonds. The predicted octanol–water partition coefficient (Wildman–Crippen LogP) is 0.910. The highest BCUT2D eigenvalue weighted by molar-refractivity contribution is 5.72. The monoisotopic (exact) mass is 177 g/mol. The maximum Gasteiger partial charge on any atom is 0.302 e. The van der Waals surface area contributed by atoms with Crippen LogP contribution in [0.4, 0.5) is 0 Å². The summed E-state index contributed by atoms with van der Waals surface area (Å²) < 4.78 is 4.11.